The van der Waals surface area contributed by atoms with Gasteiger partial charge in [-0.1, -0.05) is 60.7 Å². The van der Waals surface area contributed by atoms with E-state index in [2.05, 4.69) is 72.8 Å². The Morgan fingerprint density at radius 3 is 2.08 bits per heavy atom. The average molecular weight is 360 g/mol. The second-order valence-electron chi connectivity index (χ2n) is 6.94. The third-order valence-electron chi connectivity index (χ3n) is 5.25. The van der Waals surface area contributed by atoms with Crippen LogP contribution in [0.1, 0.15) is 42.9 Å². The molecule has 3 unspecified atom stereocenters. The summed E-state index contributed by atoms with van der Waals surface area (Å²) in [6, 6.07) is 21.6. The van der Waals surface area contributed by atoms with Crippen molar-refractivity contribution in [1.29, 1.82) is 0 Å². The Morgan fingerprint density at radius 2 is 1.52 bits per heavy atom. The molecular weight excluding hydrogens is 334 g/mol. The highest BCUT2D eigenvalue weighted by Crippen LogP contribution is 2.36. The molecule has 25 heavy (non-hydrogen) atoms. The van der Waals surface area contributed by atoms with Gasteiger partial charge in [0, 0.05) is 19.5 Å². The Labute approximate surface area is 156 Å². The largest absolute Gasteiger partial charge is 0.365 e. The van der Waals surface area contributed by atoms with Gasteiger partial charge in [0.1, 0.15) is 6.10 Å². The Balaban J connectivity index is 0.00000182. The van der Waals surface area contributed by atoms with E-state index in [0.717, 1.165) is 19.3 Å². The van der Waals surface area contributed by atoms with Gasteiger partial charge in [0.2, 0.25) is 0 Å². The van der Waals surface area contributed by atoms with Crippen LogP contribution >= 0.6 is 12.4 Å². The van der Waals surface area contributed by atoms with Gasteiger partial charge in [-0.25, -0.2) is 0 Å². The molecule has 2 aliphatic heterocycles. The summed E-state index contributed by atoms with van der Waals surface area (Å²) in [4.78, 5) is 5.99. The number of rotatable bonds is 4. The van der Waals surface area contributed by atoms with Crippen molar-refractivity contribution in [2.24, 2.45) is 0 Å². The summed E-state index contributed by atoms with van der Waals surface area (Å²) in [6.07, 6.45) is 4.91. The van der Waals surface area contributed by atoms with Crippen molar-refractivity contribution >= 4 is 12.4 Å². The quantitative estimate of drug-likeness (QED) is 0.784. The highest BCUT2D eigenvalue weighted by Gasteiger charge is 2.36. The predicted molar refractivity (Wildman–Crippen MR) is 102 cm³/mol. The molecular formula is C21H26ClNO2. The van der Waals surface area contributed by atoms with Crippen LogP contribution in [0.4, 0.5) is 0 Å². The minimum absolute atomic E-state index is 0. The van der Waals surface area contributed by atoms with Gasteiger partial charge >= 0.3 is 0 Å². The first-order valence-corrected chi connectivity index (χ1v) is 8.94. The fourth-order valence-electron chi connectivity index (χ4n) is 3.96. The van der Waals surface area contributed by atoms with Crippen LogP contribution in [0, 0.1) is 0 Å². The van der Waals surface area contributed by atoms with Crippen molar-refractivity contribution in [1.82, 2.24) is 5.06 Å². The molecule has 2 aromatic carbocycles. The fraction of sp³-hybridized carbons (Fsp3) is 0.429. The summed E-state index contributed by atoms with van der Waals surface area (Å²) in [5.41, 5.74) is 2.43. The molecule has 2 heterocycles. The summed E-state index contributed by atoms with van der Waals surface area (Å²) >= 11 is 0. The lowest BCUT2D eigenvalue weighted by Crippen LogP contribution is -2.38. The SMILES string of the molecule is CN1OC2CCC1CC(OC(c1ccccc1)c1ccccc1)C2.Cl. The van der Waals surface area contributed by atoms with E-state index in [4.69, 9.17) is 9.57 Å². The van der Waals surface area contributed by atoms with Crippen LogP contribution in [-0.4, -0.2) is 30.4 Å². The normalized spacial score (nSPS) is 26.2. The number of benzene rings is 2. The highest BCUT2D eigenvalue weighted by atomic mass is 35.5. The Morgan fingerprint density at radius 1 is 0.920 bits per heavy atom. The second-order valence-corrected chi connectivity index (χ2v) is 6.94. The molecule has 0 aromatic heterocycles. The van der Waals surface area contributed by atoms with Crippen LogP contribution in [-0.2, 0) is 9.57 Å². The van der Waals surface area contributed by atoms with E-state index in [9.17, 15) is 0 Å². The maximum absolute atomic E-state index is 6.67. The maximum Gasteiger partial charge on any atom is 0.108 e. The summed E-state index contributed by atoms with van der Waals surface area (Å²) in [7, 11) is 2.06. The number of hydrogen-bond acceptors (Lipinski definition) is 3. The van der Waals surface area contributed by atoms with E-state index < -0.39 is 0 Å². The topological polar surface area (TPSA) is 21.7 Å². The Kier molecular flexibility index (Phi) is 6.13. The first-order chi connectivity index (χ1) is 11.8. The Bertz CT molecular complexity index is 612. The lowest BCUT2D eigenvalue weighted by atomic mass is 10.0. The van der Waals surface area contributed by atoms with Gasteiger partial charge in [-0.15, -0.1) is 12.4 Å². The highest BCUT2D eigenvalue weighted by molar-refractivity contribution is 5.85. The number of fused-ring (bicyclic) bond motifs is 4. The maximum atomic E-state index is 6.67. The van der Waals surface area contributed by atoms with Gasteiger partial charge < -0.3 is 4.74 Å². The molecule has 2 aromatic rings. The third-order valence-corrected chi connectivity index (χ3v) is 5.25. The zero-order valence-corrected chi connectivity index (χ0v) is 15.4. The molecule has 3 atom stereocenters. The summed E-state index contributed by atoms with van der Waals surface area (Å²) in [6.45, 7) is 0. The van der Waals surface area contributed by atoms with E-state index in [1.54, 1.807) is 0 Å². The number of hydroxylamine groups is 2. The van der Waals surface area contributed by atoms with Gasteiger partial charge in [-0.05, 0) is 30.4 Å². The molecule has 0 spiro atoms. The molecule has 1 aliphatic carbocycles. The van der Waals surface area contributed by atoms with Gasteiger partial charge in [0.25, 0.3) is 0 Å². The number of hydrogen-bond donors (Lipinski definition) is 0. The van der Waals surface area contributed by atoms with Gasteiger partial charge in [0.05, 0.1) is 12.2 Å². The molecule has 4 heteroatoms. The van der Waals surface area contributed by atoms with Crippen LogP contribution in [0.5, 0.6) is 0 Å². The van der Waals surface area contributed by atoms with E-state index in [1.807, 2.05) is 0 Å². The smallest absolute Gasteiger partial charge is 0.108 e. The fourth-order valence-corrected chi connectivity index (χ4v) is 3.96. The molecule has 3 aliphatic rings. The summed E-state index contributed by atoms with van der Waals surface area (Å²) in [5.74, 6) is 0. The van der Waals surface area contributed by atoms with E-state index >= 15 is 0 Å². The van der Waals surface area contributed by atoms with Gasteiger partial charge in [-0.2, -0.15) is 5.06 Å². The first-order valence-electron chi connectivity index (χ1n) is 8.94. The number of nitrogens with zero attached hydrogens (tertiary/aromatic N) is 1. The standard InChI is InChI=1S/C21H25NO2.ClH/c1-22-18-12-13-19(24-22)15-20(14-18)23-21(16-8-4-2-5-9-16)17-10-6-3-7-11-17;/h2-11,18-21H,12-15H2,1H3;1H. The van der Waals surface area contributed by atoms with Crippen LogP contribution in [0.15, 0.2) is 60.7 Å². The second kappa shape index (κ2) is 8.33. The minimum Gasteiger partial charge on any atom is -0.365 e. The van der Waals surface area contributed by atoms with Crippen LogP contribution in [0.25, 0.3) is 0 Å². The lowest BCUT2D eigenvalue weighted by Gasteiger charge is -2.32. The third kappa shape index (κ3) is 4.24. The minimum atomic E-state index is -0.0137. The molecule has 2 saturated heterocycles. The average Bonchev–Trinajstić information content (AvgIpc) is 2.91. The van der Waals surface area contributed by atoms with Crippen molar-refractivity contribution < 1.29 is 9.57 Å². The van der Waals surface area contributed by atoms with Crippen molar-refractivity contribution in [2.45, 2.75) is 50.0 Å². The van der Waals surface area contributed by atoms with Crippen molar-refractivity contribution in [2.75, 3.05) is 7.05 Å². The van der Waals surface area contributed by atoms with E-state index in [1.165, 1.54) is 17.5 Å². The number of ether oxygens (including phenoxy) is 1. The molecule has 0 amide bonds. The Hall–Kier alpha value is -1.39. The van der Waals surface area contributed by atoms with Gasteiger partial charge in [-0.3, -0.25) is 4.84 Å². The lowest BCUT2D eigenvalue weighted by molar-refractivity contribution is -0.224. The van der Waals surface area contributed by atoms with Gasteiger partial charge in [0.15, 0.2) is 0 Å². The monoisotopic (exact) mass is 359 g/mol. The van der Waals surface area contributed by atoms with Crippen molar-refractivity contribution in [3.8, 4) is 0 Å². The van der Waals surface area contributed by atoms with E-state index in [-0.39, 0.29) is 24.6 Å². The summed E-state index contributed by atoms with van der Waals surface area (Å²) in [5, 5.41) is 2.05. The molecule has 2 bridgehead atoms. The molecule has 1 saturated carbocycles. The molecule has 5 rings (SSSR count). The van der Waals surface area contributed by atoms with Crippen LogP contribution < -0.4 is 0 Å². The predicted octanol–water partition coefficient (Wildman–Crippen LogP) is 4.77. The molecule has 3 fully saturated rings. The number of halogens is 1. The zero-order valence-electron chi connectivity index (χ0n) is 14.6. The zero-order chi connectivity index (χ0) is 16.4. The van der Waals surface area contributed by atoms with Crippen molar-refractivity contribution in [3.63, 3.8) is 0 Å². The first kappa shape index (κ1) is 18.4. The van der Waals surface area contributed by atoms with Crippen LogP contribution in [0.3, 0.4) is 0 Å². The molecule has 0 radical (unpaired) electrons. The summed E-state index contributed by atoms with van der Waals surface area (Å²) < 4.78 is 6.67. The molecule has 3 nitrogen and oxygen atoms in total. The van der Waals surface area contributed by atoms with E-state index in [0.29, 0.717) is 12.1 Å². The van der Waals surface area contributed by atoms with Crippen LogP contribution in [0.2, 0.25) is 0 Å². The molecule has 0 N–H and O–H groups in total. The van der Waals surface area contributed by atoms with Crippen molar-refractivity contribution in [3.05, 3.63) is 71.8 Å². The molecule has 134 valence electrons.